The lowest BCUT2D eigenvalue weighted by molar-refractivity contribution is 0.300. The Labute approximate surface area is 117 Å². The molecule has 0 saturated heterocycles. The fraction of sp³-hybridized carbons (Fsp3) is 0.571. The normalized spacial score (nSPS) is 23.6. The topological polar surface area (TPSA) is 63.8 Å². The highest BCUT2D eigenvalue weighted by atomic mass is 32.1. The summed E-state index contributed by atoms with van der Waals surface area (Å²) in [5.41, 5.74) is 5.76. The van der Waals surface area contributed by atoms with E-state index in [0.717, 1.165) is 34.4 Å². The first-order valence-corrected chi connectivity index (χ1v) is 7.85. The van der Waals surface area contributed by atoms with E-state index in [1.165, 1.54) is 25.7 Å². The van der Waals surface area contributed by atoms with Crippen molar-refractivity contribution in [2.24, 2.45) is 11.8 Å². The Morgan fingerprint density at radius 3 is 2.89 bits per heavy atom. The first-order chi connectivity index (χ1) is 9.22. The number of hydrogen-bond acceptors (Lipinski definition) is 5. The Hall–Kier alpha value is -1.36. The van der Waals surface area contributed by atoms with Gasteiger partial charge >= 0.3 is 0 Å². The highest BCUT2D eigenvalue weighted by Gasteiger charge is 2.18. The van der Waals surface area contributed by atoms with Gasteiger partial charge < -0.3 is 11.1 Å². The number of thiophene rings is 1. The number of anilines is 2. The van der Waals surface area contributed by atoms with Crippen molar-refractivity contribution in [2.75, 3.05) is 17.6 Å². The predicted octanol–water partition coefficient (Wildman–Crippen LogP) is 3.51. The molecule has 0 amide bonds. The van der Waals surface area contributed by atoms with Crippen LogP contribution in [0.15, 0.2) is 11.4 Å². The molecule has 1 aliphatic carbocycles. The zero-order valence-electron chi connectivity index (χ0n) is 11.2. The van der Waals surface area contributed by atoms with E-state index >= 15 is 0 Å². The minimum absolute atomic E-state index is 0.356. The number of nitrogens with one attached hydrogen (secondary N) is 1. The molecule has 19 heavy (non-hydrogen) atoms. The Kier molecular flexibility index (Phi) is 3.55. The predicted molar refractivity (Wildman–Crippen MR) is 81.4 cm³/mol. The third-order valence-corrected chi connectivity index (χ3v) is 4.84. The summed E-state index contributed by atoms with van der Waals surface area (Å²) in [4.78, 5) is 9.55. The second-order valence-electron chi connectivity index (χ2n) is 5.58. The molecule has 2 aromatic heterocycles. The van der Waals surface area contributed by atoms with Crippen LogP contribution in [-0.4, -0.2) is 16.5 Å². The highest BCUT2D eigenvalue weighted by molar-refractivity contribution is 7.16. The summed E-state index contributed by atoms with van der Waals surface area (Å²) in [7, 11) is 0. The van der Waals surface area contributed by atoms with Gasteiger partial charge in [-0.25, -0.2) is 4.98 Å². The van der Waals surface area contributed by atoms with Crippen LogP contribution in [0.25, 0.3) is 10.2 Å². The lowest BCUT2D eigenvalue weighted by Crippen LogP contribution is -2.20. The number of fused-ring (bicyclic) bond motifs is 1. The summed E-state index contributed by atoms with van der Waals surface area (Å²) < 4.78 is 0. The van der Waals surface area contributed by atoms with E-state index in [4.69, 9.17) is 5.73 Å². The van der Waals surface area contributed by atoms with E-state index in [0.29, 0.717) is 5.95 Å². The van der Waals surface area contributed by atoms with Gasteiger partial charge in [0.25, 0.3) is 0 Å². The second kappa shape index (κ2) is 5.33. The van der Waals surface area contributed by atoms with E-state index < -0.39 is 0 Å². The molecule has 0 atom stereocenters. The molecular formula is C14H20N4S. The summed E-state index contributed by atoms with van der Waals surface area (Å²) in [5, 5.41) is 6.60. The molecule has 2 heterocycles. The third kappa shape index (κ3) is 2.81. The van der Waals surface area contributed by atoms with Crippen molar-refractivity contribution in [1.82, 2.24) is 9.97 Å². The molecule has 3 rings (SSSR count). The first-order valence-electron chi connectivity index (χ1n) is 6.97. The molecule has 5 heteroatoms. The molecule has 1 aliphatic rings. The zero-order valence-corrected chi connectivity index (χ0v) is 12.0. The molecular weight excluding hydrogens is 256 g/mol. The molecule has 102 valence electrons. The molecule has 0 aliphatic heterocycles. The monoisotopic (exact) mass is 276 g/mol. The van der Waals surface area contributed by atoms with Gasteiger partial charge in [-0.05, 0) is 36.1 Å². The van der Waals surface area contributed by atoms with Gasteiger partial charge in [0.15, 0.2) is 0 Å². The minimum atomic E-state index is 0.356. The minimum Gasteiger partial charge on any atom is -0.369 e. The Morgan fingerprint density at radius 2 is 2.11 bits per heavy atom. The average molecular weight is 276 g/mol. The Morgan fingerprint density at radius 1 is 1.32 bits per heavy atom. The van der Waals surface area contributed by atoms with Crippen LogP contribution < -0.4 is 11.1 Å². The number of hydrogen-bond donors (Lipinski definition) is 2. The lowest BCUT2D eigenvalue weighted by Gasteiger charge is -2.26. The van der Waals surface area contributed by atoms with E-state index in [1.807, 2.05) is 5.38 Å². The largest absolute Gasteiger partial charge is 0.369 e. The molecule has 1 fully saturated rings. The molecule has 2 aromatic rings. The number of rotatable bonds is 3. The van der Waals surface area contributed by atoms with Crippen molar-refractivity contribution in [3.05, 3.63) is 11.4 Å². The van der Waals surface area contributed by atoms with E-state index in [-0.39, 0.29) is 0 Å². The molecule has 0 radical (unpaired) electrons. The molecule has 0 bridgehead atoms. The second-order valence-corrected chi connectivity index (χ2v) is 6.47. The van der Waals surface area contributed by atoms with E-state index in [2.05, 4.69) is 28.3 Å². The van der Waals surface area contributed by atoms with Crippen molar-refractivity contribution in [1.29, 1.82) is 0 Å². The van der Waals surface area contributed by atoms with Gasteiger partial charge in [-0.1, -0.05) is 19.8 Å². The summed E-state index contributed by atoms with van der Waals surface area (Å²) in [6, 6.07) is 2.06. The van der Waals surface area contributed by atoms with Gasteiger partial charge in [-0.15, -0.1) is 11.3 Å². The van der Waals surface area contributed by atoms with Crippen LogP contribution in [0, 0.1) is 11.8 Å². The molecule has 0 aromatic carbocycles. The van der Waals surface area contributed by atoms with Gasteiger partial charge in [-0.3, -0.25) is 0 Å². The van der Waals surface area contributed by atoms with Crippen LogP contribution in [0.2, 0.25) is 0 Å². The lowest BCUT2D eigenvalue weighted by atomic mass is 9.83. The van der Waals surface area contributed by atoms with Gasteiger partial charge in [0.05, 0.1) is 5.39 Å². The number of nitrogens with two attached hydrogens (primary N) is 1. The quantitative estimate of drug-likeness (QED) is 0.900. The SMILES string of the molecule is CC1CCC(CNc2nc(N)nc3sccc23)CC1. The zero-order chi connectivity index (χ0) is 13.2. The van der Waals surface area contributed by atoms with E-state index in [9.17, 15) is 0 Å². The fourth-order valence-corrected chi connectivity index (χ4v) is 3.55. The average Bonchev–Trinajstić information content (AvgIpc) is 2.85. The van der Waals surface area contributed by atoms with Crippen LogP contribution in [-0.2, 0) is 0 Å². The standard InChI is InChI=1S/C14H20N4S/c1-9-2-4-10(5-3-9)8-16-12-11-6-7-19-13(11)18-14(15)17-12/h6-7,9-10H,2-5,8H2,1H3,(H3,15,16,17,18). The molecule has 1 saturated carbocycles. The first kappa shape index (κ1) is 12.7. The van der Waals surface area contributed by atoms with Crippen LogP contribution in [0.1, 0.15) is 32.6 Å². The summed E-state index contributed by atoms with van der Waals surface area (Å²) >= 11 is 1.61. The summed E-state index contributed by atoms with van der Waals surface area (Å²) in [6.45, 7) is 3.35. The van der Waals surface area contributed by atoms with Gasteiger partial charge in [-0.2, -0.15) is 4.98 Å². The van der Waals surface area contributed by atoms with Crippen molar-refractivity contribution >= 4 is 33.3 Å². The van der Waals surface area contributed by atoms with Gasteiger partial charge in [0.2, 0.25) is 5.95 Å². The van der Waals surface area contributed by atoms with Crippen LogP contribution >= 0.6 is 11.3 Å². The van der Waals surface area contributed by atoms with Crippen molar-refractivity contribution in [2.45, 2.75) is 32.6 Å². The smallest absolute Gasteiger partial charge is 0.223 e. The van der Waals surface area contributed by atoms with Crippen LogP contribution in [0.3, 0.4) is 0 Å². The maximum atomic E-state index is 5.76. The van der Waals surface area contributed by atoms with Crippen LogP contribution in [0.4, 0.5) is 11.8 Å². The molecule has 0 spiro atoms. The maximum absolute atomic E-state index is 5.76. The molecule has 3 N–H and O–H groups in total. The Balaban J connectivity index is 1.69. The van der Waals surface area contributed by atoms with E-state index in [1.54, 1.807) is 11.3 Å². The van der Waals surface area contributed by atoms with Gasteiger partial charge in [0.1, 0.15) is 10.6 Å². The summed E-state index contributed by atoms with van der Waals surface area (Å²) in [6.07, 6.45) is 5.35. The molecule has 0 unspecified atom stereocenters. The Bertz CT molecular complexity index is 558. The number of aromatic nitrogens is 2. The highest BCUT2D eigenvalue weighted by Crippen LogP contribution is 2.30. The van der Waals surface area contributed by atoms with Crippen molar-refractivity contribution in [3.63, 3.8) is 0 Å². The maximum Gasteiger partial charge on any atom is 0.223 e. The van der Waals surface area contributed by atoms with Gasteiger partial charge in [0, 0.05) is 6.54 Å². The van der Waals surface area contributed by atoms with Crippen LogP contribution in [0.5, 0.6) is 0 Å². The third-order valence-electron chi connectivity index (χ3n) is 4.04. The molecule has 4 nitrogen and oxygen atoms in total. The van der Waals surface area contributed by atoms with Crippen molar-refractivity contribution < 1.29 is 0 Å². The fourth-order valence-electron chi connectivity index (χ4n) is 2.78. The van der Waals surface area contributed by atoms with Crippen molar-refractivity contribution in [3.8, 4) is 0 Å². The summed E-state index contributed by atoms with van der Waals surface area (Å²) in [5.74, 6) is 2.91. The number of nitrogens with zero attached hydrogens (tertiary/aromatic N) is 2. The number of nitrogen functional groups attached to an aromatic ring is 1.